The lowest BCUT2D eigenvalue weighted by molar-refractivity contribution is 0.345. The maximum Gasteiger partial charge on any atom is 0.212 e. The molecular formula is C11H20N2O2S. The van der Waals surface area contributed by atoms with Crippen molar-refractivity contribution in [1.82, 2.24) is 10.0 Å². The Labute approximate surface area is 97.5 Å². The van der Waals surface area contributed by atoms with Gasteiger partial charge in [-0.2, -0.15) is 0 Å². The van der Waals surface area contributed by atoms with Crippen LogP contribution in [0.2, 0.25) is 0 Å². The third-order valence-electron chi connectivity index (χ3n) is 3.41. The molecule has 2 bridgehead atoms. The largest absolute Gasteiger partial charge is 0.311 e. The predicted molar refractivity (Wildman–Crippen MR) is 64.7 cm³/mol. The summed E-state index contributed by atoms with van der Waals surface area (Å²) in [5.41, 5.74) is 0. The van der Waals surface area contributed by atoms with E-state index in [9.17, 15) is 8.42 Å². The number of hydrogen-bond acceptors (Lipinski definition) is 3. The maximum absolute atomic E-state index is 11.7. The molecule has 2 heterocycles. The minimum Gasteiger partial charge on any atom is -0.311 e. The van der Waals surface area contributed by atoms with Crippen LogP contribution in [0.25, 0.3) is 0 Å². The molecule has 2 fully saturated rings. The molecule has 2 atom stereocenters. The molecule has 0 saturated carbocycles. The van der Waals surface area contributed by atoms with Gasteiger partial charge in [0.05, 0.1) is 5.75 Å². The van der Waals surface area contributed by atoms with Gasteiger partial charge >= 0.3 is 0 Å². The highest BCUT2D eigenvalue weighted by Gasteiger charge is 2.34. The van der Waals surface area contributed by atoms with E-state index in [4.69, 9.17) is 0 Å². The number of sulfonamides is 1. The minimum atomic E-state index is -3.11. The second kappa shape index (κ2) is 4.85. The Morgan fingerprint density at radius 1 is 1.31 bits per heavy atom. The lowest BCUT2D eigenvalue weighted by Gasteiger charge is -2.29. The molecule has 0 aliphatic carbocycles. The van der Waals surface area contributed by atoms with Crippen molar-refractivity contribution in [3.63, 3.8) is 0 Å². The van der Waals surface area contributed by atoms with E-state index in [2.05, 4.69) is 16.6 Å². The molecule has 2 rings (SSSR count). The van der Waals surface area contributed by atoms with Crippen molar-refractivity contribution in [3.05, 3.63) is 12.7 Å². The van der Waals surface area contributed by atoms with Crippen LogP contribution in [0.1, 0.15) is 32.1 Å². The first kappa shape index (κ1) is 12.1. The Kier molecular flexibility index (Phi) is 3.66. The average molecular weight is 244 g/mol. The summed E-state index contributed by atoms with van der Waals surface area (Å²) in [5, 5.41) is 3.50. The Hall–Kier alpha value is -0.390. The molecule has 16 heavy (non-hydrogen) atoms. The zero-order chi connectivity index (χ0) is 11.6. The molecular weight excluding hydrogens is 224 g/mol. The van der Waals surface area contributed by atoms with Crippen LogP contribution in [-0.4, -0.2) is 32.3 Å². The molecule has 0 aromatic heterocycles. The Morgan fingerprint density at radius 2 is 1.94 bits per heavy atom. The van der Waals surface area contributed by atoms with Crippen LogP contribution in [0.15, 0.2) is 12.7 Å². The molecule has 0 aromatic carbocycles. The first-order chi connectivity index (χ1) is 7.59. The lowest BCUT2D eigenvalue weighted by atomic mass is 10.0. The monoisotopic (exact) mass is 244 g/mol. The highest BCUT2D eigenvalue weighted by atomic mass is 32.2. The maximum atomic E-state index is 11.7. The molecule has 0 aromatic rings. The molecule has 2 saturated heterocycles. The second-order valence-electron chi connectivity index (χ2n) is 4.82. The number of rotatable bonds is 5. The van der Waals surface area contributed by atoms with Gasteiger partial charge in [0.2, 0.25) is 10.0 Å². The molecule has 2 unspecified atom stereocenters. The zero-order valence-electron chi connectivity index (χ0n) is 9.48. The summed E-state index contributed by atoms with van der Waals surface area (Å²) in [5.74, 6) is 0.162. The van der Waals surface area contributed by atoms with Gasteiger partial charge in [0.1, 0.15) is 0 Å². The normalized spacial score (nSPS) is 33.9. The number of fused-ring (bicyclic) bond motifs is 2. The highest BCUT2D eigenvalue weighted by molar-refractivity contribution is 7.89. The predicted octanol–water partition coefficient (Wildman–Crippen LogP) is 0.765. The van der Waals surface area contributed by atoms with E-state index in [0.29, 0.717) is 18.5 Å². The molecule has 2 aliphatic heterocycles. The molecule has 2 aliphatic rings. The number of hydrogen-bond donors (Lipinski definition) is 2. The minimum absolute atomic E-state index is 0.133. The van der Waals surface area contributed by atoms with Gasteiger partial charge in [-0.05, 0) is 32.1 Å². The van der Waals surface area contributed by atoms with E-state index >= 15 is 0 Å². The van der Waals surface area contributed by atoms with Gasteiger partial charge in [0, 0.05) is 18.1 Å². The third kappa shape index (κ3) is 3.06. The van der Waals surface area contributed by atoms with Crippen LogP contribution >= 0.6 is 0 Å². The van der Waals surface area contributed by atoms with E-state index in [1.54, 1.807) is 6.08 Å². The first-order valence-electron chi connectivity index (χ1n) is 5.96. The van der Waals surface area contributed by atoms with Crippen LogP contribution in [0, 0.1) is 0 Å². The van der Waals surface area contributed by atoms with Crippen molar-refractivity contribution >= 4 is 10.0 Å². The summed E-state index contributed by atoms with van der Waals surface area (Å²) in [6, 6.07) is 1.17. The summed E-state index contributed by atoms with van der Waals surface area (Å²) in [4.78, 5) is 0. The molecule has 0 spiro atoms. The van der Waals surface area contributed by atoms with E-state index in [0.717, 1.165) is 12.8 Å². The van der Waals surface area contributed by atoms with Crippen LogP contribution in [-0.2, 0) is 10.0 Å². The zero-order valence-corrected chi connectivity index (χ0v) is 10.3. The standard InChI is InChI=1S/C11H20N2O2S/c1-2-3-6-16(14,15)13-11-7-9-4-5-10(8-11)12-9/h2,9-13H,1,3-8H2. The second-order valence-corrected chi connectivity index (χ2v) is 6.69. The van der Waals surface area contributed by atoms with E-state index in [-0.39, 0.29) is 11.8 Å². The van der Waals surface area contributed by atoms with E-state index < -0.39 is 10.0 Å². The Morgan fingerprint density at radius 3 is 2.50 bits per heavy atom. The molecule has 5 heteroatoms. The topological polar surface area (TPSA) is 58.2 Å². The summed E-state index contributed by atoms with van der Waals surface area (Å²) in [7, 11) is -3.11. The van der Waals surface area contributed by atoms with Gasteiger partial charge in [0.25, 0.3) is 0 Å². The Bertz CT molecular complexity index is 341. The van der Waals surface area contributed by atoms with Crippen molar-refractivity contribution < 1.29 is 8.42 Å². The van der Waals surface area contributed by atoms with Crippen molar-refractivity contribution in [2.24, 2.45) is 0 Å². The average Bonchev–Trinajstić information content (AvgIpc) is 2.55. The molecule has 4 nitrogen and oxygen atoms in total. The van der Waals surface area contributed by atoms with E-state index in [1.807, 2.05) is 0 Å². The highest BCUT2D eigenvalue weighted by Crippen LogP contribution is 2.27. The molecule has 0 radical (unpaired) electrons. The van der Waals surface area contributed by atoms with Crippen LogP contribution in [0.4, 0.5) is 0 Å². The quantitative estimate of drug-likeness (QED) is 0.702. The summed E-state index contributed by atoms with van der Waals surface area (Å²) in [6.45, 7) is 3.54. The fourth-order valence-corrected chi connectivity index (χ4v) is 4.00. The summed E-state index contributed by atoms with van der Waals surface area (Å²) in [6.07, 6.45) is 6.41. The third-order valence-corrected chi connectivity index (χ3v) is 4.88. The first-order valence-corrected chi connectivity index (χ1v) is 7.61. The van der Waals surface area contributed by atoms with Crippen molar-refractivity contribution in [2.75, 3.05) is 5.75 Å². The smallest absolute Gasteiger partial charge is 0.212 e. The van der Waals surface area contributed by atoms with Crippen LogP contribution < -0.4 is 10.0 Å². The SMILES string of the molecule is C=CCCS(=O)(=O)NC1CC2CCC(C1)N2. The van der Waals surface area contributed by atoms with Gasteiger partial charge in [-0.15, -0.1) is 6.58 Å². The van der Waals surface area contributed by atoms with Crippen molar-refractivity contribution in [2.45, 2.75) is 50.2 Å². The molecule has 2 N–H and O–H groups in total. The van der Waals surface area contributed by atoms with Crippen LogP contribution in [0.3, 0.4) is 0 Å². The summed E-state index contributed by atoms with van der Waals surface area (Å²) < 4.78 is 26.2. The summed E-state index contributed by atoms with van der Waals surface area (Å²) >= 11 is 0. The Balaban J connectivity index is 1.87. The molecule has 92 valence electrons. The number of allylic oxidation sites excluding steroid dienone is 1. The van der Waals surface area contributed by atoms with Crippen molar-refractivity contribution in [1.29, 1.82) is 0 Å². The number of nitrogens with one attached hydrogen (secondary N) is 2. The van der Waals surface area contributed by atoms with E-state index in [1.165, 1.54) is 12.8 Å². The fraction of sp³-hybridized carbons (Fsp3) is 0.818. The van der Waals surface area contributed by atoms with Gasteiger partial charge in [-0.1, -0.05) is 6.08 Å². The fourth-order valence-electron chi connectivity index (χ4n) is 2.70. The van der Waals surface area contributed by atoms with Crippen molar-refractivity contribution in [3.8, 4) is 0 Å². The molecule has 0 amide bonds. The lowest BCUT2D eigenvalue weighted by Crippen LogP contribution is -2.48. The van der Waals surface area contributed by atoms with Gasteiger partial charge in [-0.25, -0.2) is 13.1 Å². The van der Waals surface area contributed by atoms with Crippen LogP contribution in [0.5, 0.6) is 0 Å². The van der Waals surface area contributed by atoms with Gasteiger partial charge in [-0.3, -0.25) is 0 Å². The number of piperidine rings is 1. The van der Waals surface area contributed by atoms with Gasteiger partial charge in [0.15, 0.2) is 0 Å². The van der Waals surface area contributed by atoms with Gasteiger partial charge < -0.3 is 5.32 Å².